The van der Waals surface area contributed by atoms with Gasteiger partial charge in [0, 0.05) is 24.0 Å². The second-order valence-corrected chi connectivity index (χ2v) is 8.12. The van der Waals surface area contributed by atoms with Gasteiger partial charge in [-0.05, 0) is 12.1 Å². The van der Waals surface area contributed by atoms with Gasteiger partial charge in [-0.15, -0.1) is 0 Å². The molecule has 0 amide bonds. The molecule has 3 rings (SSSR count). The average molecular weight is 420 g/mol. The standard InChI is InChI=1S/C15H14F6O5S/c16-12-10-8(26-7-3-5-25-6-4-7)1-2-9(27(23,24)15(19,20)21)11(10)13(22)14(12,17)18/h1-2,7,12-13,22H,3-6H2/t12-,13+/m1/s1. The van der Waals surface area contributed by atoms with E-state index in [0.29, 0.717) is 25.0 Å². The van der Waals surface area contributed by atoms with Crippen molar-refractivity contribution in [3.05, 3.63) is 23.3 Å². The quantitative estimate of drug-likeness (QED) is 0.761. The smallest absolute Gasteiger partial charge is 0.490 e. The average Bonchev–Trinajstić information content (AvgIpc) is 2.76. The van der Waals surface area contributed by atoms with Crippen molar-refractivity contribution >= 4 is 9.84 Å². The molecule has 0 spiro atoms. The Labute approximate surface area is 149 Å². The second-order valence-electron chi connectivity index (χ2n) is 6.21. The summed E-state index contributed by atoms with van der Waals surface area (Å²) in [4.78, 5) is -1.61. The molecule has 0 unspecified atom stereocenters. The maximum atomic E-state index is 14.3. The molecule has 12 heteroatoms. The van der Waals surface area contributed by atoms with E-state index in [1.165, 1.54) is 0 Å². The Morgan fingerprint density at radius 3 is 2.30 bits per heavy atom. The maximum Gasteiger partial charge on any atom is 0.501 e. The number of hydrogen-bond acceptors (Lipinski definition) is 5. The number of benzene rings is 1. The highest BCUT2D eigenvalue weighted by atomic mass is 32.2. The second kappa shape index (κ2) is 6.52. The minimum absolute atomic E-state index is 0.283. The maximum absolute atomic E-state index is 14.3. The van der Waals surface area contributed by atoms with Gasteiger partial charge in [-0.2, -0.15) is 22.0 Å². The molecule has 152 valence electrons. The van der Waals surface area contributed by atoms with E-state index in [9.17, 15) is 39.9 Å². The number of ether oxygens (including phenoxy) is 2. The Hall–Kier alpha value is -1.53. The van der Waals surface area contributed by atoms with E-state index < -0.39 is 61.4 Å². The van der Waals surface area contributed by atoms with Crippen LogP contribution in [-0.2, 0) is 14.6 Å². The number of sulfone groups is 1. The van der Waals surface area contributed by atoms with Crippen LogP contribution in [0.2, 0.25) is 0 Å². The minimum atomic E-state index is -6.09. The molecular weight excluding hydrogens is 406 g/mol. The predicted octanol–water partition coefficient (Wildman–Crippen LogP) is 3.23. The topological polar surface area (TPSA) is 72.8 Å². The third-order valence-electron chi connectivity index (χ3n) is 4.49. The van der Waals surface area contributed by atoms with E-state index in [4.69, 9.17) is 9.47 Å². The van der Waals surface area contributed by atoms with Crippen LogP contribution in [0.15, 0.2) is 17.0 Å². The van der Waals surface area contributed by atoms with Crippen molar-refractivity contribution < 1.29 is 49.3 Å². The Balaban J connectivity index is 2.16. The third-order valence-corrected chi connectivity index (χ3v) is 6.04. The minimum Gasteiger partial charge on any atom is -0.490 e. The van der Waals surface area contributed by atoms with Crippen molar-refractivity contribution in [2.75, 3.05) is 13.2 Å². The van der Waals surface area contributed by atoms with E-state index in [1.807, 2.05) is 0 Å². The van der Waals surface area contributed by atoms with Crippen molar-refractivity contribution in [3.63, 3.8) is 0 Å². The van der Waals surface area contributed by atoms with E-state index >= 15 is 0 Å². The van der Waals surface area contributed by atoms with E-state index in [-0.39, 0.29) is 13.2 Å². The first kappa shape index (κ1) is 20.2. The molecule has 0 saturated carbocycles. The number of rotatable bonds is 3. The first-order chi connectivity index (χ1) is 12.4. The summed E-state index contributed by atoms with van der Waals surface area (Å²) in [5.41, 5.74) is -8.22. The van der Waals surface area contributed by atoms with Crippen LogP contribution < -0.4 is 4.74 Å². The largest absolute Gasteiger partial charge is 0.501 e. The zero-order valence-electron chi connectivity index (χ0n) is 13.5. The summed E-state index contributed by atoms with van der Waals surface area (Å²) in [5.74, 6) is -5.03. The first-order valence-corrected chi connectivity index (χ1v) is 9.30. The zero-order chi connectivity index (χ0) is 20.2. The molecule has 0 radical (unpaired) electrons. The molecule has 1 N–H and O–H groups in total. The van der Waals surface area contributed by atoms with Crippen molar-refractivity contribution in [2.45, 2.75) is 47.5 Å². The Bertz CT molecular complexity index is 832. The lowest BCUT2D eigenvalue weighted by atomic mass is 10.1. The summed E-state index contributed by atoms with van der Waals surface area (Å²) in [6.07, 6.45) is -6.21. The highest BCUT2D eigenvalue weighted by Gasteiger charge is 2.61. The molecule has 1 aromatic carbocycles. The molecule has 1 saturated heterocycles. The van der Waals surface area contributed by atoms with Gasteiger partial charge in [0.25, 0.3) is 9.84 Å². The van der Waals surface area contributed by atoms with Crippen LogP contribution >= 0.6 is 0 Å². The highest BCUT2D eigenvalue weighted by molar-refractivity contribution is 7.92. The number of halogens is 6. The number of aliphatic hydroxyl groups is 1. The van der Waals surface area contributed by atoms with Crippen LogP contribution in [0.3, 0.4) is 0 Å². The summed E-state index contributed by atoms with van der Waals surface area (Å²) in [7, 11) is -6.09. The Kier molecular flexibility index (Phi) is 4.88. The predicted molar refractivity (Wildman–Crippen MR) is 77.9 cm³/mol. The monoisotopic (exact) mass is 420 g/mol. The summed E-state index contributed by atoms with van der Waals surface area (Å²) >= 11 is 0. The van der Waals surface area contributed by atoms with Gasteiger partial charge >= 0.3 is 11.4 Å². The fourth-order valence-corrected chi connectivity index (χ4v) is 4.11. The van der Waals surface area contributed by atoms with Gasteiger partial charge < -0.3 is 14.6 Å². The molecular formula is C15H14F6O5S. The van der Waals surface area contributed by atoms with Crippen LogP contribution in [0.25, 0.3) is 0 Å². The lowest BCUT2D eigenvalue weighted by Gasteiger charge is -2.25. The summed E-state index contributed by atoms with van der Waals surface area (Å²) in [6, 6.07) is 1.10. The SMILES string of the molecule is O=S(=O)(c1ccc(OC2CCOCC2)c2c1[C@H](O)C(F)(F)[C@@H]2F)C(F)(F)F. The number of fused-ring (bicyclic) bond motifs is 1. The van der Waals surface area contributed by atoms with E-state index in [0.717, 1.165) is 0 Å². The third kappa shape index (κ3) is 3.17. The molecule has 2 atom stereocenters. The van der Waals surface area contributed by atoms with Crippen molar-refractivity contribution in [1.29, 1.82) is 0 Å². The number of hydrogen-bond donors (Lipinski definition) is 1. The molecule has 5 nitrogen and oxygen atoms in total. The first-order valence-electron chi connectivity index (χ1n) is 7.81. The molecule has 1 heterocycles. The summed E-state index contributed by atoms with van der Waals surface area (Å²) < 4.78 is 115. The van der Waals surface area contributed by atoms with Crippen molar-refractivity contribution in [3.8, 4) is 5.75 Å². The molecule has 2 aliphatic rings. The van der Waals surface area contributed by atoms with E-state index in [1.54, 1.807) is 0 Å². The van der Waals surface area contributed by atoms with Crippen molar-refractivity contribution in [2.24, 2.45) is 0 Å². The fourth-order valence-electron chi connectivity index (χ4n) is 3.10. The van der Waals surface area contributed by atoms with Gasteiger partial charge in [0.2, 0.25) is 0 Å². The van der Waals surface area contributed by atoms with E-state index in [2.05, 4.69) is 0 Å². The van der Waals surface area contributed by atoms with Gasteiger partial charge in [0.15, 0.2) is 6.17 Å². The molecule has 27 heavy (non-hydrogen) atoms. The van der Waals surface area contributed by atoms with Crippen LogP contribution in [-0.4, -0.2) is 44.3 Å². The van der Waals surface area contributed by atoms with Gasteiger partial charge in [0.1, 0.15) is 18.0 Å². The highest BCUT2D eigenvalue weighted by Crippen LogP contribution is 2.57. The van der Waals surface area contributed by atoms with Gasteiger partial charge in [-0.1, -0.05) is 0 Å². The normalized spacial score (nSPS) is 26.0. The summed E-state index contributed by atoms with van der Waals surface area (Å²) in [6.45, 7) is 0.566. The van der Waals surface area contributed by atoms with Crippen LogP contribution in [0.5, 0.6) is 5.75 Å². The van der Waals surface area contributed by atoms with Crippen molar-refractivity contribution in [1.82, 2.24) is 0 Å². The zero-order valence-corrected chi connectivity index (χ0v) is 14.3. The number of alkyl halides is 6. The Morgan fingerprint density at radius 2 is 1.74 bits per heavy atom. The molecule has 1 aromatic rings. The molecule has 1 aliphatic heterocycles. The molecule has 1 aliphatic carbocycles. The molecule has 1 fully saturated rings. The van der Waals surface area contributed by atoms with Crippen LogP contribution in [0, 0.1) is 0 Å². The summed E-state index contributed by atoms with van der Waals surface area (Å²) in [5, 5.41) is 9.72. The Morgan fingerprint density at radius 1 is 1.15 bits per heavy atom. The number of aliphatic hydroxyl groups excluding tert-OH is 1. The lowest BCUT2D eigenvalue weighted by molar-refractivity contribution is -0.144. The van der Waals surface area contributed by atoms with Crippen LogP contribution in [0.1, 0.15) is 36.2 Å². The van der Waals surface area contributed by atoms with Crippen LogP contribution in [0.4, 0.5) is 26.3 Å². The lowest BCUT2D eigenvalue weighted by Crippen LogP contribution is -2.27. The fraction of sp³-hybridized carbons (Fsp3) is 0.600. The molecule has 0 aromatic heterocycles. The van der Waals surface area contributed by atoms with Gasteiger partial charge in [0.05, 0.1) is 18.1 Å². The molecule has 0 bridgehead atoms. The van der Waals surface area contributed by atoms with Gasteiger partial charge in [-0.25, -0.2) is 12.8 Å². The van der Waals surface area contributed by atoms with Gasteiger partial charge in [-0.3, -0.25) is 0 Å².